The SMILES string of the molecule is COc1ccc(C2=c3cc(OCc4ccccc4)ccc3=CC2(C(=O)O)c2ccc3c(c2)OOC3)cc1. The molecule has 6 heteroatoms. The lowest BCUT2D eigenvalue weighted by Gasteiger charge is -2.28. The standard InChI is InChI=1S/C31H24O6/c1-34-25-12-8-21(9-13-25)29-27-16-26(35-18-20-5-3-2-4-6-20)14-10-22(27)17-31(29,30(32)33)24-11-7-23-19-36-37-28(23)15-24/h2-17H,18-19H2,1H3,(H,32,33). The number of carboxylic acid groups (broad SMARTS) is 1. The van der Waals surface area contributed by atoms with Gasteiger partial charge in [0.1, 0.15) is 30.1 Å². The zero-order chi connectivity index (χ0) is 25.4. The van der Waals surface area contributed by atoms with E-state index in [1.165, 1.54) is 0 Å². The molecule has 2 aliphatic rings. The third kappa shape index (κ3) is 3.92. The Morgan fingerprint density at radius 1 is 0.946 bits per heavy atom. The minimum absolute atomic E-state index is 0.330. The number of carboxylic acids is 1. The second-order valence-electron chi connectivity index (χ2n) is 9.05. The quantitative estimate of drug-likeness (QED) is 0.392. The molecule has 0 saturated heterocycles. The summed E-state index contributed by atoms with van der Waals surface area (Å²) in [5.74, 6) is 0.896. The Morgan fingerprint density at radius 2 is 1.73 bits per heavy atom. The zero-order valence-corrected chi connectivity index (χ0v) is 20.1. The highest BCUT2D eigenvalue weighted by atomic mass is 17.2. The summed E-state index contributed by atoms with van der Waals surface area (Å²) in [5, 5.41) is 12.4. The van der Waals surface area contributed by atoms with E-state index in [-0.39, 0.29) is 0 Å². The van der Waals surface area contributed by atoms with Crippen LogP contribution in [0.25, 0.3) is 11.6 Å². The molecule has 1 unspecified atom stereocenters. The fourth-order valence-corrected chi connectivity index (χ4v) is 5.04. The molecule has 4 aromatic rings. The van der Waals surface area contributed by atoms with Gasteiger partial charge in [-0.15, -0.1) is 0 Å². The third-order valence-electron chi connectivity index (χ3n) is 6.91. The van der Waals surface area contributed by atoms with Crippen LogP contribution in [0, 0.1) is 0 Å². The van der Waals surface area contributed by atoms with Crippen molar-refractivity contribution in [3.8, 4) is 17.2 Å². The average Bonchev–Trinajstić information content (AvgIpc) is 3.55. The topological polar surface area (TPSA) is 74.2 Å². The molecule has 0 aromatic heterocycles. The van der Waals surface area contributed by atoms with Crippen LogP contribution in [0.2, 0.25) is 0 Å². The van der Waals surface area contributed by atoms with Gasteiger partial charge in [-0.2, -0.15) is 4.89 Å². The maximum atomic E-state index is 13.2. The third-order valence-corrected chi connectivity index (χ3v) is 6.91. The Labute approximate surface area is 213 Å². The molecule has 6 nitrogen and oxygen atoms in total. The summed E-state index contributed by atoms with van der Waals surface area (Å²) in [6.45, 7) is 0.740. The number of benzene rings is 4. The van der Waals surface area contributed by atoms with Crippen LogP contribution in [0.15, 0.2) is 91.0 Å². The molecule has 4 aromatic carbocycles. The molecule has 1 heterocycles. The minimum Gasteiger partial charge on any atom is -0.497 e. The lowest BCUT2D eigenvalue weighted by atomic mass is 9.72. The average molecular weight is 493 g/mol. The predicted octanol–water partition coefficient (Wildman–Crippen LogP) is 4.11. The largest absolute Gasteiger partial charge is 0.497 e. The number of ether oxygens (including phenoxy) is 2. The fourth-order valence-electron chi connectivity index (χ4n) is 5.04. The van der Waals surface area contributed by atoms with Gasteiger partial charge in [0.25, 0.3) is 0 Å². The number of rotatable bonds is 7. The van der Waals surface area contributed by atoms with Gasteiger partial charge in [0.05, 0.1) is 7.11 Å². The van der Waals surface area contributed by atoms with Crippen molar-refractivity contribution in [1.29, 1.82) is 0 Å². The van der Waals surface area contributed by atoms with Gasteiger partial charge in [0, 0.05) is 5.56 Å². The fraction of sp³-hybridized carbons (Fsp3) is 0.129. The molecular formula is C31H24O6. The molecule has 1 aliphatic carbocycles. The first-order chi connectivity index (χ1) is 18.1. The summed E-state index contributed by atoms with van der Waals surface area (Å²) in [4.78, 5) is 23.6. The van der Waals surface area contributed by atoms with Crippen molar-refractivity contribution in [3.05, 3.63) is 124 Å². The molecule has 0 bridgehead atoms. The molecule has 0 saturated carbocycles. The number of hydrogen-bond acceptors (Lipinski definition) is 5. The first kappa shape index (κ1) is 22.9. The van der Waals surface area contributed by atoms with Crippen molar-refractivity contribution in [3.63, 3.8) is 0 Å². The highest BCUT2D eigenvalue weighted by Crippen LogP contribution is 2.43. The lowest BCUT2D eigenvalue weighted by molar-refractivity contribution is -0.194. The molecular weight excluding hydrogens is 468 g/mol. The van der Waals surface area contributed by atoms with E-state index in [4.69, 9.17) is 19.2 Å². The van der Waals surface area contributed by atoms with E-state index in [9.17, 15) is 9.90 Å². The summed E-state index contributed by atoms with van der Waals surface area (Å²) in [6, 6.07) is 28.5. The normalized spacial score (nSPS) is 17.4. The molecule has 0 fully saturated rings. The van der Waals surface area contributed by atoms with Crippen molar-refractivity contribution in [1.82, 2.24) is 0 Å². The molecule has 1 aliphatic heterocycles. The highest BCUT2D eigenvalue weighted by Gasteiger charge is 2.46. The number of aliphatic carboxylic acids is 1. The van der Waals surface area contributed by atoms with Gasteiger partial charge in [-0.25, -0.2) is 0 Å². The predicted molar refractivity (Wildman–Crippen MR) is 138 cm³/mol. The van der Waals surface area contributed by atoms with Crippen molar-refractivity contribution in [2.24, 2.45) is 0 Å². The van der Waals surface area contributed by atoms with E-state index in [2.05, 4.69) is 0 Å². The van der Waals surface area contributed by atoms with E-state index in [0.29, 0.717) is 41.6 Å². The van der Waals surface area contributed by atoms with Gasteiger partial charge < -0.3 is 19.5 Å². The van der Waals surface area contributed by atoms with Gasteiger partial charge in [0.2, 0.25) is 0 Å². The second-order valence-corrected chi connectivity index (χ2v) is 9.05. The lowest BCUT2D eigenvalue weighted by Crippen LogP contribution is -2.35. The smallest absolute Gasteiger partial charge is 0.322 e. The van der Waals surface area contributed by atoms with Gasteiger partial charge in [-0.05, 0) is 63.0 Å². The summed E-state index contributed by atoms with van der Waals surface area (Å²) in [7, 11) is 1.60. The van der Waals surface area contributed by atoms with Crippen LogP contribution in [0.5, 0.6) is 17.2 Å². The van der Waals surface area contributed by atoms with Gasteiger partial charge in [-0.1, -0.05) is 66.7 Å². The van der Waals surface area contributed by atoms with E-state index in [1.54, 1.807) is 13.2 Å². The monoisotopic (exact) mass is 492 g/mol. The van der Waals surface area contributed by atoms with Crippen LogP contribution in [-0.4, -0.2) is 18.2 Å². The van der Waals surface area contributed by atoms with Crippen molar-refractivity contribution < 1.29 is 29.1 Å². The van der Waals surface area contributed by atoms with Crippen LogP contribution in [-0.2, 0) is 28.3 Å². The van der Waals surface area contributed by atoms with Crippen LogP contribution < -0.4 is 24.8 Å². The summed E-state index contributed by atoms with van der Waals surface area (Å²) in [6.07, 6.45) is 1.81. The maximum absolute atomic E-state index is 13.2. The van der Waals surface area contributed by atoms with Gasteiger partial charge in [0.15, 0.2) is 5.75 Å². The summed E-state index contributed by atoms with van der Waals surface area (Å²) in [5.41, 5.74) is 2.49. The van der Waals surface area contributed by atoms with Gasteiger partial charge in [-0.3, -0.25) is 4.79 Å². The number of methoxy groups -OCH3 is 1. The van der Waals surface area contributed by atoms with E-state index in [0.717, 1.165) is 27.1 Å². The molecule has 0 spiro atoms. The molecule has 6 rings (SSSR count). The summed E-state index contributed by atoms with van der Waals surface area (Å²) >= 11 is 0. The molecule has 0 amide bonds. The second kappa shape index (κ2) is 9.15. The molecule has 1 atom stereocenters. The Bertz CT molecular complexity index is 1610. The van der Waals surface area contributed by atoms with Crippen LogP contribution in [0.4, 0.5) is 0 Å². The Kier molecular flexibility index (Phi) is 5.66. The van der Waals surface area contributed by atoms with Crippen LogP contribution in [0.1, 0.15) is 22.3 Å². The first-order valence-electron chi connectivity index (χ1n) is 11.9. The number of fused-ring (bicyclic) bond motifs is 2. The highest BCUT2D eigenvalue weighted by molar-refractivity contribution is 6.07. The van der Waals surface area contributed by atoms with Crippen molar-refractivity contribution >= 4 is 17.6 Å². The minimum atomic E-state index is -1.45. The number of carbonyl (C=O) groups is 1. The molecule has 184 valence electrons. The molecule has 0 radical (unpaired) electrons. The number of hydrogen-bond donors (Lipinski definition) is 1. The van der Waals surface area contributed by atoms with Gasteiger partial charge >= 0.3 is 5.97 Å². The van der Waals surface area contributed by atoms with Crippen molar-refractivity contribution in [2.75, 3.05) is 7.11 Å². The zero-order valence-electron chi connectivity index (χ0n) is 20.1. The van der Waals surface area contributed by atoms with Crippen LogP contribution >= 0.6 is 0 Å². The van der Waals surface area contributed by atoms with Crippen molar-refractivity contribution in [2.45, 2.75) is 18.6 Å². The first-order valence-corrected chi connectivity index (χ1v) is 11.9. The van der Waals surface area contributed by atoms with E-state index < -0.39 is 11.4 Å². The molecule has 1 N–H and O–H groups in total. The maximum Gasteiger partial charge on any atom is 0.322 e. The Hall–Kier alpha value is -4.55. The van der Waals surface area contributed by atoms with E-state index in [1.807, 2.05) is 91.0 Å². The van der Waals surface area contributed by atoms with Crippen LogP contribution in [0.3, 0.4) is 0 Å². The van der Waals surface area contributed by atoms with E-state index >= 15 is 0 Å². The Morgan fingerprint density at radius 3 is 2.49 bits per heavy atom. The summed E-state index contributed by atoms with van der Waals surface area (Å²) < 4.78 is 11.4. The molecule has 37 heavy (non-hydrogen) atoms. The Balaban J connectivity index is 1.55.